The Morgan fingerprint density at radius 1 is 1.54 bits per heavy atom. The molecule has 1 aliphatic heterocycles. The van der Waals surface area contributed by atoms with Crippen LogP contribution in [0.4, 0.5) is 0 Å². The van der Waals surface area contributed by atoms with Crippen LogP contribution in [0.2, 0.25) is 0 Å². The van der Waals surface area contributed by atoms with Crippen molar-refractivity contribution < 1.29 is 4.74 Å². The van der Waals surface area contributed by atoms with E-state index in [2.05, 4.69) is 17.6 Å². The van der Waals surface area contributed by atoms with Crippen molar-refractivity contribution in [1.82, 2.24) is 10.6 Å². The van der Waals surface area contributed by atoms with Crippen molar-refractivity contribution in [3.8, 4) is 0 Å². The lowest BCUT2D eigenvalue weighted by Crippen LogP contribution is -2.37. The Kier molecular flexibility index (Phi) is 4.70. The minimum Gasteiger partial charge on any atom is -0.383 e. The second kappa shape index (κ2) is 5.58. The van der Waals surface area contributed by atoms with Gasteiger partial charge in [0.25, 0.3) is 0 Å². The first-order valence-electron chi connectivity index (χ1n) is 5.23. The third-order valence-electron chi connectivity index (χ3n) is 3.07. The number of methoxy groups -OCH3 is 1. The average Bonchev–Trinajstić information content (AvgIpc) is 2.62. The Hall–Kier alpha value is -0.120. The number of rotatable bonds is 6. The molecule has 1 aliphatic rings. The topological polar surface area (TPSA) is 33.3 Å². The first-order chi connectivity index (χ1) is 6.33. The Morgan fingerprint density at radius 3 is 2.92 bits per heavy atom. The van der Waals surface area contributed by atoms with Gasteiger partial charge in [-0.15, -0.1) is 0 Å². The molecule has 3 nitrogen and oxygen atoms in total. The van der Waals surface area contributed by atoms with Crippen molar-refractivity contribution in [3.63, 3.8) is 0 Å². The SMILES string of the molecule is CCC1(CNCCOC)CCNC1. The molecule has 0 spiro atoms. The summed E-state index contributed by atoms with van der Waals surface area (Å²) in [4.78, 5) is 0. The molecule has 0 aromatic heterocycles. The zero-order chi connectivity index (χ0) is 9.57. The van der Waals surface area contributed by atoms with Crippen LogP contribution in [-0.4, -0.2) is 39.9 Å². The highest BCUT2D eigenvalue weighted by atomic mass is 16.5. The van der Waals surface area contributed by atoms with E-state index < -0.39 is 0 Å². The molecule has 0 saturated carbocycles. The largest absolute Gasteiger partial charge is 0.383 e. The lowest BCUT2D eigenvalue weighted by Gasteiger charge is -2.26. The maximum absolute atomic E-state index is 4.99. The summed E-state index contributed by atoms with van der Waals surface area (Å²) in [5.41, 5.74) is 0.508. The maximum Gasteiger partial charge on any atom is 0.0587 e. The van der Waals surface area contributed by atoms with Crippen LogP contribution in [0.3, 0.4) is 0 Å². The minimum atomic E-state index is 0.508. The van der Waals surface area contributed by atoms with Crippen molar-refractivity contribution in [1.29, 1.82) is 0 Å². The smallest absolute Gasteiger partial charge is 0.0587 e. The predicted molar refractivity (Wildman–Crippen MR) is 55.0 cm³/mol. The van der Waals surface area contributed by atoms with E-state index in [0.29, 0.717) is 5.41 Å². The fourth-order valence-electron chi connectivity index (χ4n) is 1.90. The van der Waals surface area contributed by atoms with Crippen LogP contribution in [0.25, 0.3) is 0 Å². The van der Waals surface area contributed by atoms with E-state index in [1.165, 1.54) is 25.9 Å². The number of hydrogen-bond donors (Lipinski definition) is 2. The van der Waals surface area contributed by atoms with Crippen LogP contribution >= 0.6 is 0 Å². The maximum atomic E-state index is 4.99. The second-order valence-electron chi connectivity index (χ2n) is 3.95. The van der Waals surface area contributed by atoms with Crippen LogP contribution < -0.4 is 10.6 Å². The molecule has 1 heterocycles. The standard InChI is InChI=1S/C10H22N2O/c1-3-10(4-5-11-8-10)9-12-6-7-13-2/h11-12H,3-9H2,1-2H3. The molecule has 1 saturated heterocycles. The summed E-state index contributed by atoms with van der Waals surface area (Å²) in [6.45, 7) is 7.54. The molecule has 0 radical (unpaired) electrons. The van der Waals surface area contributed by atoms with Crippen LogP contribution in [0, 0.1) is 5.41 Å². The zero-order valence-electron chi connectivity index (χ0n) is 8.86. The van der Waals surface area contributed by atoms with Gasteiger partial charge in [-0.2, -0.15) is 0 Å². The summed E-state index contributed by atoms with van der Waals surface area (Å²) in [7, 11) is 1.74. The lowest BCUT2D eigenvalue weighted by atomic mass is 9.84. The highest BCUT2D eigenvalue weighted by Gasteiger charge is 2.30. The van der Waals surface area contributed by atoms with Gasteiger partial charge in [0.2, 0.25) is 0 Å². The molecule has 0 amide bonds. The Labute approximate surface area is 81.2 Å². The Balaban J connectivity index is 2.16. The summed E-state index contributed by atoms with van der Waals surface area (Å²) < 4.78 is 4.99. The van der Waals surface area contributed by atoms with Crippen molar-refractivity contribution in [2.24, 2.45) is 5.41 Å². The van der Waals surface area contributed by atoms with Crippen LogP contribution in [-0.2, 0) is 4.74 Å². The van der Waals surface area contributed by atoms with Crippen LogP contribution in [0.15, 0.2) is 0 Å². The van der Waals surface area contributed by atoms with Crippen molar-refractivity contribution in [2.45, 2.75) is 19.8 Å². The fourth-order valence-corrected chi connectivity index (χ4v) is 1.90. The fraction of sp³-hybridized carbons (Fsp3) is 1.00. The molecule has 13 heavy (non-hydrogen) atoms. The summed E-state index contributed by atoms with van der Waals surface area (Å²) in [6, 6.07) is 0. The monoisotopic (exact) mass is 186 g/mol. The van der Waals surface area contributed by atoms with Gasteiger partial charge < -0.3 is 15.4 Å². The molecule has 1 rings (SSSR count). The van der Waals surface area contributed by atoms with Gasteiger partial charge in [-0.3, -0.25) is 0 Å². The molecule has 78 valence electrons. The first-order valence-corrected chi connectivity index (χ1v) is 5.23. The summed E-state index contributed by atoms with van der Waals surface area (Å²) in [6.07, 6.45) is 2.57. The Morgan fingerprint density at radius 2 is 2.38 bits per heavy atom. The van der Waals surface area contributed by atoms with E-state index >= 15 is 0 Å². The Bertz CT molecular complexity index is 133. The molecule has 2 N–H and O–H groups in total. The second-order valence-corrected chi connectivity index (χ2v) is 3.95. The molecule has 1 fully saturated rings. The van der Waals surface area contributed by atoms with E-state index in [9.17, 15) is 0 Å². The molecular formula is C10H22N2O. The molecular weight excluding hydrogens is 164 g/mol. The van der Waals surface area contributed by atoms with E-state index in [-0.39, 0.29) is 0 Å². The third-order valence-corrected chi connectivity index (χ3v) is 3.07. The molecule has 0 aromatic carbocycles. The van der Waals surface area contributed by atoms with Gasteiger partial charge in [0, 0.05) is 26.7 Å². The third kappa shape index (κ3) is 3.25. The molecule has 0 aromatic rings. The van der Waals surface area contributed by atoms with Gasteiger partial charge in [0.15, 0.2) is 0 Å². The first kappa shape index (κ1) is 11.0. The quantitative estimate of drug-likeness (QED) is 0.596. The minimum absolute atomic E-state index is 0.508. The van der Waals surface area contributed by atoms with E-state index in [1.807, 2.05) is 0 Å². The summed E-state index contributed by atoms with van der Waals surface area (Å²) >= 11 is 0. The predicted octanol–water partition coefficient (Wildman–Crippen LogP) is 0.612. The number of hydrogen-bond acceptors (Lipinski definition) is 3. The molecule has 1 unspecified atom stereocenters. The van der Waals surface area contributed by atoms with Crippen molar-refractivity contribution in [3.05, 3.63) is 0 Å². The van der Waals surface area contributed by atoms with Gasteiger partial charge in [-0.25, -0.2) is 0 Å². The number of ether oxygens (including phenoxy) is 1. The number of nitrogens with one attached hydrogen (secondary N) is 2. The van der Waals surface area contributed by atoms with E-state index in [1.54, 1.807) is 7.11 Å². The molecule has 1 atom stereocenters. The molecule has 3 heteroatoms. The van der Waals surface area contributed by atoms with Gasteiger partial charge in [0.05, 0.1) is 6.61 Å². The van der Waals surface area contributed by atoms with Crippen molar-refractivity contribution in [2.75, 3.05) is 39.9 Å². The highest BCUT2D eigenvalue weighted by molar-refractivity contribution is 4.88. The van der Waals surface area contributed by atoms with Gasteiger partial charge in [-0.1, -0.05) is 6.92 Å². The molecule has 0 aliphatic carbocycles. The van der Waals surface area contributed by atoms with E-state index in [4.69, 9.17) is 4.74 Å². The highest BCUT2D eigenvalue weighted by Crippen LogP contribution is 2.27. The van der Waals surface area contributed by atoms with Gasteiger partial charge >= 0.3 is 0 Å². The molecule has 0 bridgehead atoms. The van der Waals surface area contributed by atoms with E-state index in [0.717, 1.165) is 19.7 Å². The van der Waals surface area contributed by atoms with Gasteiger partial charge in [0.1, 0.15) is 0 Å². The normalized spacial score (nSPS) is 28.2. The average molecular weight is 186 g/mol. The summed E-state index contributed by atoms with van der Waals surface area (Å²) in [5, 5.41) is 6.89. The van der Waals surface area contributed by atoms with Crippen LogP contribution in [0.1, 0.15) is 19.8 Å². The summed E-state index contributed by atoms with van der Waals surface area (Å²) in [5.74, 6) is 0. The van der Waals surface area contributed by atoms with Crippen molar-refractivity contribution >= 4 is 0 Å². The zero-order valence-corrected chi connectivity index (χ0v) is 8.86. The lowest BCUT2D eigenvalue weighted by molar-refractivity contribution is 0.191. The van der Waals surface area contributed by atoms with Gasteiger partial charge in [-0.05, 0) is 24.8 Å². The van der Waals surface area contributed by atoms with Crippen LogP contribution in [0.5, 0.6) is 0 Å².